The maximum absolute atomic E-state index is 12.1. The summed E-state index contributed by atoms with van der Waals surface area (Å²) in [6, 6.07) is 15.2. The average Bonchev–Trinajstić information content (AvgIpc) is 2.67. The fraction of sp³-hybridized carbons (Fsp3) is 0.435. The predicted octanol–water partition coefficient (Wildman–Crippen LogP) is 4.84. The number of carbonyl (C=O) groups excluding carboxylic acids is 1. The zero-order chi connectivity index (χ0) is 19.1. The summed E-state index contributed by atoms with van der Waals surface area (Å²) in [6.07, 6.45) is 3.93. The molecular weight excluding hydrogens is 352 g/mol. The van der Waals surface area contributed by atoms with E-state index in [0.29, 0.717) is 12.3 Å². The van der Waals surface area contributed by atoms with Gasteiger partial charge in [-0.3, -0.25) is 4.79 Å². The van der Waals surface area contributed by atoms with Crippen molar-refractivity contribution in [1.29, 1.82) is 0 Å². The Morgan fingerprint density at radius 1 is 0.963 bits per heavy atom. The highest BCUT2D eigenvalue weighted by molar-refractivity contribution is 7.99. The molecule has 2 aromatic rings. The molecule has 1 saturated heterocycles. The van der Waals surface area contributed by atoms with E-state index >= 15 is 0 Å². The minimum Gasteiger partial charge on any atom is -0.372 e. The Hall–Kier alpha value is -1.94. The second-order valence-corrected chi connectivity index (χ2v) is 8.47. The second-order valence-electron chi connectivity index (χ2n) is 7.48. The van der Waals surface area contributed by atoms with Crippen LogP contribution in [0, 0.1) is 13.8 Å². The number of nitrogens with one attached hydrogen (secondary N) is 1. The van der Waals surface area contributed by atoms with Crippen LogP contribution in [0.5, 0.6) is 0 Å². The molecule has 2 aromatic carbocycles. The highest BCUT2D eigenvalue weighted by Gasteiger charge is 2.10. The summed E-state index contributed by atoms with van der Waals surface area (Å²) in [5.41, 5.74) is 6.31. The van der Waals surface area contributed by atoms with Gasteiger partial charge < -0.3 is 10.2 Å². The van der Waals surface area contributed by atoms with Gasteiger partial charge in [-0.1, -0.05) is 41.5 Å². The lowest BCUT2D eigenvalue weighted by Gasteiger charge is -2.28. The van der Waals surface area contributed by atoms with Crippen LogP contribution in [0.25, 0.3) is 0 Å². The van der Waals surface area contributed by atoms with Crippen molar-refractivity contribution < 1.29 is 4.79 Å². The smallest absolute Gasteiger partial charge is 0.230 e. The third-order valence-electron chi connectivity index (χ3n) is 4.93. The molecule has 1 aliphatic rings. The summed E-state index contributed by atoms with van der Waals surface area (Å²) < 4.78 is 0. The van der Waals surface area contributed by atoms with Crippen molar-refractivity contribution in [3.8, 4) is 0 Å². The molecule has 3 rings (SSSR count). The molecule has 144 valence electrons. The van der Waals surface area contributed by atoms with E-state index in [0.717, 1.165) is 24.4 Å². The first kappa shape index (κ1) is 19.8. The lowest BCUT2D eigenvalue weighted by atomic mass is 10.1. The summed E-state index contributed by atoms with van der Waals surface area (Å²) in [5.74, 6) is 1.48. The maximum Gasteiger partial charge on any atom is 0.230 e. The molecule has 27 heavy (non-hydrogen) atoms. The molecule has 4 heteroatoms. The van der Waals surface area contributed by atoms with Crippen molar-refractivity contribution in [1.82, 2.24) is 5.32 Å². The van der Waals surface area contributed by atoms with Gasteiger partial charge in [-0.25, -0.2) is 0 Å². The number of carbonyl (C=O) groups is 1. The number of hydrogen-bond donors (Lipinski definition) is 1. The van der Waals surface area contributed by atoms with Crippen LogP contribution in [0.1, 0.15) is 41.5 Å². The molecule has 3 nitrogen and oxygen atoms in total. The summed E-state index contributed by atoms with van der Waals surface area (Å²) in [6.45, 7) is 7.15. The molecule has 1 heterocycles. The van der Waals surface area contributed by atoms with Crippen molar-refractivity contribution in [2.24, 2.45) is 0 Å². The molecule has 1 amide bonds. The molecule has 0 bridgehead atoms. The second kappa shape index (κ2) is 9.84. The van der Waals surface area contributed by atoms with Crippen LogP contribution in [0.2, 0.25) is 0 Å². The van der Waals surface area contributed by atoms with Crippen LogP contribution in [0.15, 0.2) is 42.5 Å². The summed E-state index contributed by atoms with van der Waals surface area (Å²) in [4.78, 5) is 14.6. The van der Waals surface area contributed by atoms with Gasteiger partial charge in [-0.2, -0.15) is 0 Å². The number of thioether (sulfide) groups is 1. The standard InChI is InChI=1S/C23H30N2OS/c1-18-12-19(2)14-21(13-18)16-27-17-23(26)24-15-20-6-8-22(9-7-20)25-10-4-3-5-11-25/h6-9,12-14H,3-5,10-11,15-17H2,1-2H3,(H,24,26). The highest BCUT2D eigenvalue weighted by Crippen LogP contribution is 2.20. The van der Waals surface area contributed by atoms with E-state index in [9.17, 15) is 4.79 Å². The van der Waals surface area contributed by atoms with Crippen molar-refractivity contribution in [2.45, 2.75) is 45.4 Å². The van der Waals surface area contributed by atoms with Crippen molar-refractivity contribution >= 4 is 23.4 Å². The zero-order valence-corrected chi connectivity index (χ0v) is 17.3. The highest BCUT2D eigenvalue weighted by atomic mass is 32.2. The van der Waals surface area contributed by atoms with Gasteiger partial charge in [0.15, 0.2) is 0 Å². The van der Waals surface area contributed by atoms with E-state index < -0.39 is 0 Å². The van der Waals surface area contributed by atoms with Crippen LogP contribution in [0.3, 0.4) is 0 Å². The first-order valence-corrected chi connectivity index (χ1v) is 11.0. The molecule has 1 aliphatic heterocycles. The van der Waals surface area contributed by atoms with Gasteiger partial charge in [-0.05, 0) is 56.4 Å². The Morgan fingerprint density at radius 3 is 2.30 bits per heavy atom. The number of anilines is 1. The molecule has 0 aromatic heterocycles. The van der Waals surface area contributed by atoms with E-state index in [1.54, 1.807) is 11.8 Å². The Labute approximate surface area is 167 Å². The van der Waals surface area contributed by atoms with Gasteiger partial charge in [0, 0.05) is 31.1 Å². The van der Waals surface area contributed by atoms with Gasteiger partial charge in [0.1, 0.15) is 0 Å². The van der Waals surface area contributed by atoms with Crippen molar-refractivity contribution in [2.75, 3.05) is 23.7 Å². The van der Waals surface area contributed by atoms with E-state index in [-0.39, 0.29) is 5.91 Å². The van der Waals surface area contributed by atoms with Gasteiger partial charge in [-0.15, -0.1) is 11.8 Å². The van der Waals surface area contributed by atoms with Crippen molar-refractivity contribution in [3.05, 3.63) is 64.7 Å². The molecule has 0 radical (unpaired) electrons. The number of piperidine rings is 1. The molecule has 0 saturated carbocycles. The van der Waals surface area contributed by atoms with Gasteiger partial charge in [0.05, 0.1) is 5.75 Å². The largest absolute Gasteiger partial charge is 0.372 e. The number of nitrogens with zero attached hydrogens (tertiary/aromatic N) is 1. The Balaban J connectivity index is 1.39. The first-order chi connectivity index (χ1) is 13.1. The summed E-state index contributed by atoms with van der Waals surface area (Å²) >= 11 is 1.67. The average molecular weight is 383 g/mol. The molecular formula is C23H30N2OS. The summed E-state index contributed by atoms with van der Waals surface area (Å²) in [5, 5.41) is 3.03. The quantitative estimate of drug-likeness (QED) is 0.743. The van der Waals surface area contributed by atoms with Crippen LogP contribution >= 0.6 is 11.8 Å². The molecule has 0 spiro atoms. The minimum atomic E-state index is 0.101. The third kappa shape index (κ3) is 6.31. The minimum absolute atomic E-state index is 0.101. The number of aryl methyl sites for hydroxylation is 2. The fourth-order valence-corrected chi connectivity index (χ4v) is 4.43. The fourth-order valence-electron chi connectivity index (χ4n) is 3.64. The Bertz CT molecular complexity index is 731. The Kier molecular flexibility index (Phi) is 7.22. The molecule has 0 unspecified atom stereocenters. The van der Waals surface area contributed by atoms with E-state index in [1.807, 2.05) is 0 Å². The number of benzene rings is 2. The number of hydrogen-bond acceptors (Lipinski definition) is 3. The third-order valence-corrected chi connectivity index (χ3v) is 5.93. The first-order valence-electron chi connectivity index (χ1n) is 9.86. The van der Waals surface area contributed by atoms with E-state index in [2.05, 4.69) is 66.5 Å². The van der Waals surface area contributed by atoms with Crippen LogP contribution < -0.4 is 10.2 Å². The van der Waals surface area contributed by atoms with Crippen LogP contribution in [-0.2, 0) is 17.1 Å². The summed E-state index contributed by atoms with van der Waals surface area (Å²) in [7, 11) is 0. The molecule has 1 N–H and O–H groups in total. The van der Waals surface area contributed by atoms with Crippen LogP contribution in [-0.4, -0.2) is 24.7 Å². The Morgan fingerprint density at radius 2 is 1.63 bits per heavy atom. The SMILES string of the molecule is Cc1cc(C)cc(CSCC(=O)NCc2ccc(N3CCCCC3)cc2)c1. The lowest BCUT2D eigenvalue weighted by molar-refractivity contribution is -0.118. The van der Waals surface area contributed by atoms with E-state index in [1.165, 1.54) is 41.6 Å². The monoisotopic (exact) mass is 382 g/mol. The van der Waals surface area contributed by atoms with E-state index in [4.69, 9.17) is 0 Å². The molecule has 1 fully saturated rings. The number of amides is 1. The normalized spacial score (nSPS) is 14.2. The number of rotatable bonds is 7. The van der Waals surface area contributed by atoms with Gasteiger partial charge in [0.2, 0.25) is 5.91 Å². The maximum atomic E-state index is 12.1. The molecule has 0 aliphatic carbocycles. The zero-order valence-electron chi connectivity index (χ0n) is 16.5. The molecule has 0 atom stereocenters. The van der Waals surface area contributed by atoms with Crippen molar-refractivity contribution in [3.63, 3.8) is 0 Å². The predicted molar refractivity (Wildman–Crippen MR) is 116 cm³/mol. The lowest BCUT2D eigenvalue weighted by Crippen LogP contribution is -2.29. The topological polar surface area (TPSA) is 32.3 Å². The van der Waals surface area contributed by atoms with Gasteiger partial charge >= 0.3 is 0 Å². The van der Waals surface area contributed by atoms with Gasteiger partial charge in [0.25, 0.3) is 0 Å². The van der Waals surface area contributed by atoms with Crippen LogP contribution in [0.4, 0.5) is 5.69 Å².